The van der Waals surface area contributed by atoms with Gasteiger partial charge in [-0.2, -0.15) is 0 Å². The predicted octanol–water partition coefficient (Wildman–Crippen LogP) is 1.73. The molecule has 0 saturated carbocycles. The third-order valence-electron chi connectivity index (χ3n) is 3.86. The lowest BCUT2D eigenvalue weighted by molar-refractivity contribution is -0.151. The summed E-state index contributed by atoms with van der Waals surface area (Å²) < 4.78 is 5.01. The zero-order valence-corrected chi connectivity index (χ0v) is 15.2. The Morgan fingerprint density at radius 2 is 1.78 bits per heavy atom. The van der Waals surface area contributed by atoms with E-state index >= 15 is 0 Å². The molecular weight excluding hydrogens is 343 g/mol. The van der Waals surface area contributed by atoms with Crippen LogP contribution in [0.2, 0.25) is 0 Å². The summed E-state index contributed by atoms with van der Waals surface area (Å²) in [4.78, 5) is 36.4. The second kappa shape index (κ2) is 9.33. The predicted molar refractivity (Wildman–Crippen MR) is 88.2 cm³/mol. The van der Waals surface area contributed by atoms with Crippen molar-refractivity contribution in [3.05, 3.63) is 0 Å². The molecule has 0 spiro atoms. The van der Waals surface area contributed by atoms with E-state index in [4.69, 9.17) is 27.9 Å². The van der Waals surface area contributed by atoms with E-state index in [9.17, 15) is 14.4 Å². The summed E-state index contributed by atoms with van der Waals surface area (Å²) in [6, 6.07) is -0.679. The molecule has 0 bridgehead atoms. The van der Waals surface area contributed by atoms with Gasteiger partial charge in [0, 0.05) is 13.1 Å². The summed E-state index contributed by atoms with van der Waals surface area (Å²) in [6.45, 7) is 6.74. The Bertz CT molecular complexity index is 435. The van der Waals surface area contributed by atoms with Crippen LogP contribution in [0.1, 0.15) is 33.6 Å². The number of ether oxygens (including phenoxy) is 1. The van der Waals surface area contributed by atoms with Crippen LogP contribution in [0.5, 0.6) is 0 Å². The van der Waals surface area contributed by atoms with Crippen LogP contribution in [-0.2, 0) is 19.1 Å². The number of hydrogen-bond acceptors (Lipinski definition) is 4. The molecule has 0 aromatic heterocycles. The SMILES string of the molecule is CCOC(=O)C1CCN(C(=O)C(NC(=O)C(Cl)Cl)C(C)C)CC1. The molecule has 1 saturated heterocycles. The molecule has 6 nitrogen and oxygen atoms in total. The fourth-order valence-electron chi connectivity index (χ4n) is 2.52. The number of alkyl halides is 2. The van der Waals surface area contributed by atoms with E-state index in [-0.39, 0.29) is 23.7 Å². The molecule has 132 valence electrons. The highest BCUT2D eigenvalue weighted by Gasteiger charge is 2.33. The minimum Gasteiger partial charge on any atom is -0.466 e. The Kier molecular flexibility index (Phi) is 8.12. The molecule has 2 amide bonds. The van der Waals surface area contributed by atoms with Crippen LogP contribution in [0.15, 0.2) is 0 Å². The molecule has 1 unspecified atom stereocenters. The van der Waals surface area contributed by atoms with Crippen LogP contribution >= 0.6 is 23.2 Å². The molecule has 0 aliphatic carbocycles. The van der Waals surface area contributed by atoms with Crippen molar-refractivity contribution in [2.45, 2.75) is 44.5 Å². The number of nitrogens with one attached hydrogen (secondary N) is 1. The number of carbonyl (C=O) groups excluding carboxylic acids is 3. The zero-order chi connectivity index (χ0) is 17.6. The average molecular weight is 367 g/mol. The summed E-state index contributed by atoms with van der Waals surface area (Å²) in [6.07, 6.45) is 1.13. The van der Waals surface area contributed by atoms with Gasteiger partial charge in [0.1, 0.15) is 6.04 Å². The molecule has 1 aliphatic heterocycles. The second-order valence-electron chi connectivity index (χ2n) is 5.88. The number of rotatable bonds is 6. The number of hydrogen-bond donors (Lipinski definition) is 1. The van der Waals surface area contributed by atoms with E-state index in [1.54, 1.807) is 11.8 Å². The molecule has 1 heterocycles. The Hall–Kier alpha value is -1.01. The second-order valence-corrected chi connectivity index (χ2v) is 6.98. The van der Waals surface area contributed by atoms with Gasteiger partial charge in [-0.1, -0.05) is 37.0 Å². The van der Waals surface area contributed by atoms with Gasteiger partial charge < -0.3 is 15.0 Å². The summed E-state index contributed by atoms with van der Waals surface area (Å²) in [5, 5.41) is 2.58. The van der Waals surface area contributed by atoms with Gasteiger partial charge >= 0.3 is 5.97 Å². The van der Waals surface area contributed by atoms with E-state index in [1.807, 2.05) is 13.8 Å². The highest BCUT2D eigenvalue weighted by Crippen LogP contribution is 2.20. The number of piperidine rings is 1. The molecule has 8 heteroatoms. The maximum Gasteiger partial charge on any atom is 0.309 e. The van der Waals surface area contributed by atoms with Gasteiger partial charge in [0.25, 0.3) is 5.91 Å². The van der Waals surface area contributed by atoms with E-state index in [0.717, 1.165) is 0 Å². The number of carbonyl (C=O) groups is 3. The van der Waals surface area contributed by atoms with Crippen molar-refractivity contribution < 1.29 is 19.1 Å². The Balaban J connectivity index is 2.62. The van der Waals surface area contributed by atoms with E-state index in [1.165, 1.54) is 0 Å². The van der Waals surface area contributed by atoms with Gasteiger partial charge in [0.15, 0.2) is 4.84 Å². The summed E-state index contributed by atoms with van der Waals surface area (Å²) >= 11 is 11.1. The third-order valence-corrected chi connectivity index (χ3v) is 4.25. The van der Waals surface area contributed by atoms with Crippen LogP contribution in [0.4, 0.5) is 0 Å². The maximum absolute atomic E-state index is 12.6. The maximum atomic E-state index is 12.6. The molecule has 1 fully saturated rings. The standard InChI is InChI=1S/C15H24Cl2N2O4/c1-4-23-15(22)10-5-7-19(8-6-10)14(21)11(9(2)3)18-13(20)12(16)17/h9-12H,4-8H2,1-3H3,(H,18,20). The molecule has 1 rings (SSSR count). The van der Waals surface area contributed by atoms with Crippen LogP contribution in [0.25, 0.3) is 0 Å². The first kappa shape index (κ1) is 20.0. The highest BCUT2D eigenvalue weighted by atomic mass is 35.5. The molecule has 1 atom stereocenters. The van der Waals surface area contributed by atoms with Crippen LogP contribution in [0.3, 0.4) is 0 Å². The molecule has 0 aromatic carbocycles. The fourth-order valence-corrected chi connectivity index (χ4v) is 2.65. The van der Waals surface area contributed by atoms with Crippen molar-refractivity contribution in [3.8, 4) is 0 Å². The Labute approximate surface area is 146 Å². The number of amides is 2. The first-order valence-electron chi connectivity index (χ1n) is 7.81. The van der Waals surface area contributed by atoms with Crippen molar-refractivity contribution in [3.63, 3.8) is 0 Å². The molecule has 0 radical (unpaired) electrons. The van der Waals surface area contributed by atoms with Gasteiger partial charge in [0.05, 0.1) is 12.5 Å². The lowest BCUT2D eigenvalue weighted by Crippen LogP contribution is -2.54. The summed E-state index contributed by atoms with van der Waals surface area (Å²) in [5.41, 5.74) is 0. The third kappa shape index (κ3) is 5.84. The normalized spacial score (nSPS) is 17.3. The van der Waals surface area contributed by atoms with Gasteiger partial charge in [0.2, 0.25) is 5.91 Å². The van der Waals surface area contributed by atoms with E-state index < -0.39 is 16.8 Å². The van der Waals surface area contributed by atoms with Crippen molar-refractivity contribution in [1.29, 1.82) is 0 Å². The van der Waals surface area contributed by atoms with Gasteiger partial charge in [-0.25, -0.2) is 0 Å². The number of esters is 1. The van der Waals surface area contributed by atoms with Crippen LogP contribution in [-0.4, -0.2) is 53.3 Å². The molecular formula is C15H24Cl2N2O4. The minimum absolute atomic E-state index is 0.0960. The zero-order valence-electron chi connectivity index (χ0n) is 13.7. The van der Waals surface area contributed by atoms with Gasteiger partial charge in [-0.3, -0.25) is 14.4 Å². The van der Waals surface area contributed by atoms with Crippen molar-refractivity contribution >= 4 is 41.0 Å². The highest BCUT2D eigenvalue weighted by molar-refractivity contribution is 6.53. The largest absolute Gasteiger partial charge is 0.466 e. The number of nitrogens with zero attached hydrogens (tertiary/aromatic N) is 1. The first-order valence-corrected chi connectivity index (χ1v) is 8.69. The van der Waals surface area contributed by atoms with Crippen molar-refractivity contribution in [2.75, 3.05) is 19.7 Å². The smallest absolute Gasteiger partial charge is 0.309 e. The molecule has 23 heavy (non-hydrogen) atoms. The van der Waals surface area contributed by atoms with Crippen molar-refractivity contribution in [2.24, 2.45) is 11.8 Å². The van der Waals surface area contributed by atoms with Crippen LogP contribution in [0, 0.1) is 11.8 Å². The van der Waals surface area contributed by atoms with Crippen molar-refractivity contribution in [1.82, 2.24) is 10.2 Å². The number of halogens is 2. The average Bonchev–Trinajstić information content (AvgIpc) is 2.51. The minimum atomic E-state index is -1.21. The molecule has 0 aromatic rings. The van der Waals surface area contributed by atoms with Gasteiger partial charge in [-0.05, 0) is 25.7 Å². The lowest BCUT2D eigenvalue weighted by Gasteiger charge is -2.34. The Morgan fingerprint density at radius 1 is 1.22 bits per heavy atom. The molecule has 1 N–H and O–H groups in total. The topological polar surface area (TPSA) is 75.7 Å². The summed E-state index contributed by atoms with van der Waals surface area (Å²) in [5.74, 6) is -1.23. The molecule has 1 aliphatic rings. The van der Waals surface area contributed by atoms with Gasteiger partial charge in [-0.15, -0.1) is 0 Å². The lowest BCUT2D eigenvalue weighted by atomic mass is 9.95. The first-order chi connectivity index (χ1) is 10.8. The van der Waals surface area contributed by atoms with E-state index in [2.05, 4.69) is 5.32 Å². The number of likely N-dealkylation sites (tertiary alicyclic amines) is 1. The summed E-state index contributed by atoms with van der Waals surface area (Å²) in [7, 11) is 0. The Morgan fingerprint density at radius 3 is 2.22 bits per heavy atom. The quantitative estimate of drug-likeness (QED) is 0.573. The fraction of sp³-hybridized carbons (Fsp3) is 0.800. The van der Waals surface area contributed by atoms with E-state index in [0.29, 0.717) is 32.5 Å². The van der Waals surface area contributed by atoms with Crippen LogP contribution < -0.4 is 5.32 Å². The monoisotopic (exact) mass is 366 g/mol.